The topological polar surface area (TPSA) is 49.8 Å². The molecule has 3 nitrogen and oxygen atoms in total. The van der Waals surface area contributed by atoms with Crippen molar-refractivity contribution < 1.29 is 14.6 Å². The maximum Gasteiger partial charge on any atom is 0.136 e. The highest BCUT2D eigenvalue weighted by molar-refractivity contribution is 5.82. The van der Waals surface area contributed by atoms with E-state index in [-0.39, 0.29) is 23.5 Å². The number of Topliss-reactive ketones (excluding diaryl/α,β-unsaturated/α-hetero) is 1. The quantitative estimate of drug-likeness (QED) is 0.710. The monoisotopic (exact) mass is 238 g/mol. The van der Waals surface area contributed by atoms with Crippen LogP contribution in [0.3, 0.4) is 0 Å². The Morgan fingerprint density at radius 2 is 2.18 bits per heavy atom. The molecule has 96 valence electrons. The fourth-order valence-corrected chi connectivity index (χ4v) is 3.97. The molecule has 0 aromatic rings. The van der Waals surface area contributed by atoms with Gasteiger partial charge in [-0.25, -0.2) is 0 Å². The van der Waals surface area contributed by atoms with Gasteiger partial charge in [0.15, 0.2) is 0 Å². The van der Waals surface area contributed by atoms with E-state index in [0.29, 0.717) is 24.2 Å². The highest BCUT2D eigenvalue weighted by Crippen LogP contribution is 2.57. The smallest absolute Gasteiger partial charge is 0.136 e. The Kier molecular flexibility index (Phi) is 2.43. The van der Waals surface area contributed by atoms with Crippen molar-refractivity contribution in [2.24, 2.45) is 17.3 Å². The van der Waals surface area contributed by atoms with Gasteiger partial charge in [0.05, 0.1) is 11.7 Å². The minimum atomic E-state index is -0.0224. The van der Waals surface area contributed by atoms with Crippen LogP contribution in [0, 0.1) is 17.3 Å². The van der Waals surface area contributed by atoms with Crippen molar-refractivity contribution in [2.45, 2.75) is 57.7 Å². The first-order chi connectivity index (χ1) is 7.98. The van der Waals surface area contributed by atoms with Crippen LogP contribution in [0.2, 0.25) is 0 Å². The Morgan fingerprint density at radius 3 is 2.88 bits per heavy atom. The molecule has 1 aliphatic heterocycles. The van der Waals surface area contributed by atoms with Crippen LogP contribution in [-0.4, -0.2) is 29.2 Å². The van der Waals surface area contributed by atoms with E-state index in [9.17, 15) is 9.90 Å². The first-order valence-corrected chi connectivity index (χ1v) is 6.80. The molecule has 1 N–H and O–H groups in total. The standard InChI is InChI=1S/C14H22O3/c1-13(8-15)7-9-10(13)5-6-14(2)12(17-14)4-3-11(9)16/h9-10,12,15H,3-8H2,1-2H3/t9-,10+,12+,13-,14+/m0/s1. The number of rotatable bonds is 1. The first kappa shape index (κ1) is 11.7. The molecule has 2 saturated carbocycles. The van der Waals surface area contributed by atoms with Gasteiger partial charge in [0, 0.05) is 18.9 Å². The molecule has 0 aromatic heterocycles. The summed E-state index contributed by atoms with van der Waals surface area (Å²) in [5.74, 6) is 0.994. The van der Waals surface area contributed by atoms with Gasteiger partial charge in [-0.15, -0.1) is 0 Å². The zero-order valence-corrected chi connectivity index (χ0v) is 10.7. The molecule has 0 unspecified atom stereocenters. The predicted octanol–water partition coefficient (Wildman–Crippen LogP) is 1.92. The van der Waals surface area contributed by atoms with Gasteiger partial charge in [0.1, 0.15) is 5.78 Å². The number of ketones is 1. The van der Waals surface area contributed by atoms with Crippen molar-refractivity contribution in [3.8, 4) is 0 Å². The number of fused-ring (bicyclic) bond motifs is 2. The number of aliphatic hydroxyl groups excluding tert-OH is 1. The van der Waals surface area contributed by atoms with Crippen LogP contribution in [0.4, 0.5) is 0 Å². The SMILES string of the molecule is C[C@@]1(CO)C[C@@H]2C(=O)CC[C@H]3O[C@]3(C)CC[C@H]21. The highest BCUT2D eigenvalue weighted by atomic mass is 16.6. The Labute approximate surface area is 103 Å². The summed E-state index contributed by atoms with van der Waals surface area (Å²) in [7, 11) is 0. The third kappa shape index (κ3) is 1.66. The fraction of sp³-hybridized carbons (Fsp3) is 0.929. The molecular weight excluding hydrogens is 216 g/mol. The summed E-state index contributed by atoms with van der Waals surface area (Å²) in [6.45, 7) is 4.49. The van der Waals surface area contributed by atoms with Crippen LogP contribution in [0.15, 0.2) is 0 Å². The lowest BCUT2D eigenvalue weighted by Gasteiger charge is -2.52. The van der Waals surface area contributed by atoms with E-state index >= 15 is 0 Å². The third-order valence-electron chi connectivity index (χ3n) is 5.48. The Hall–Kier alpha value is -0.410. The van der Waals surface area contributed by atoms with Crippen LogP contribution < -0.4 is 0 Å². The minimum Gasteiger partial charge on any atom is -0.396 e. The molecule has 0 aromatic carbocycles. The molecule has 0 bridgehead atoms. The molecule has 5 atom stereocenters. The van der Waals surface area contributed by atoms with Crippen LogP contribution >= 0.6 is 0 Å². The lowest BCUT2D eigenvalue weighted by atomic mass is 9.52. The molecule has 17 heavy (non-hydrogen) atoms. The summed E-state index contributed by atoms with van der Waals surface area (Å²) >= 11 is 0. The van der Waals surface area contributed by atoms with Crippen LogP contribution in [0.5, 0.6) is 0 Å². The Morgan fingerprint density at radius 1 is 1.41 bits per heavy atom. The normalized spacial score (nSPS) is 53.6. The molecule has 3 heteroatoms. The average molecular weight is 238 g/mol. The predicted molar refractivity (Wildman–Crippen MR) is 63.5 cm³/mol. The zero-order valence-electron chi connectivity index (χ0n) is 10.7. The van der Waals surface area contributed by atoms with Gasteiger partial charge in [-0.05, 0) is 43.9 Å². The van der Waals surface area contributed by atoms with Gasteiger partial charge in [-0.3, -0.25) is 4.79 Å². The second-order valence-electron chi connectivity index (χ2n) is 6.69. The number of carbonyl (C=O) groups is 1. The maximum absolute atomic E-state index is 12.1. The summed E-state index contributed by atoms with van der Waals surface area (Å²) in [5, 5.41) is 9.50. The summed E-state index contributed by atoms with van der Waals surface area (Å²) in [5.41, 5.74) is 0.00649. The summed E-state index contributed by atoms with van der Waals surface area (Å²) in [6, 6.07) is 0. The van der Waals surface area contributed by atoms with Crippen LogP contribution in [0.1, 0.15) is 46.0 Å². The summed E-state index contributed by atoms with van der Waals surface area (Å²) in [4.78, 5) is 12.1. The van der Waals surface area contributed by atoms with E-state index in [4.69, 9.17) is 4.74 Å². The van der Waals surface area contributed by atoms with Gasteiger partial charge in [0.25, 0.3) is 0 Å². The second kappa shape index (κ2) is 3.55. The molecule has 3 fully saturated rings. The summed E-state index contributed by atoms with van der Waals surface area (Å²) < 4.78 is 5.72. The van der Waals surface area contributed by atoms with Crippen LogP contribution in [0.25, 0.3) is 0 Å². The van der Waals surface area contributed by atoms with Gasteiger partial charge in [-0.1, -0.05) is 6.92 Å². The second-order valence-corrected chi connectivity index (χ2v) is 6.69. The van der Waals surface area contributed by atoms with Gasteiger partial charge in [-0.2, -0.15) is 0 Å². The van der Waals surface area contributed by atoms with Crippen molar-refractivity contribution in [1.29, 1.82) is 0 Å². The van der Waals surface area contributed by atoms with Gasteiger partial charge >= 0.3 is 0 Å². The van der Waals surface area contributed by atoms with Gasteiger partial charge < -0.3 is 9.84 Å². The van der Waals surface area contributed by atoms with Crippen molar-refractivity contribution in [3.05, 3.63) is 0 Å². The highest BCUT2D eigenvalue weighted by Gasteiger charge is 2.58. The number of carbonyl (C=O) groups excluding carboxylic acids is 1. The molecule has 1 saturated heterocycles. The summed E-state index contributed by atoms with van der Waals surface area (Å²) in [6.07, 6.45) is 4.83. The number of epoxide rings is 1. The average Bonchev–Trinajstić information content (AvgIpc) is 2.92. The Balaban J connectivity index is 1.77. The number of aliphatic hydroxyl groups is 1. The van der Waals surface area contributed by atoms with E-state index < -0.39 is 0 Å². The molecule has 0 amide bonds. The largest absolute Gasteiger partial charge is 0.396 e. The fourth-order valence-electron chi connectivity index (χ4n) is 3.97. The Bertz CT molecular complexity index is 353. The lowest BCUT2D eigenvalue weighted by molar-refractivity contribution is -0.143. The molecule has 3 rings (SSSR count). The van der Waals surface area contributed by atoms with E-state index in [1.54, 1.807) is 0 Å². The molecule has 0 radical (unpaired) electrons. The lowest BCUT2D eigenvalue weighted by Crippen LogP contribution is -2.51. The molecule has 3 aliphatic rings. The van der Waals surface area contributed by atoms with E-state index in [0.717, 1.165) is 25.7 Å². The van der Waals surface area contributed by atoms with E-state index in [2.05, 4.69) is 13.8 Å². The third-order valence-corrected chi connectivity index (χ3v) is 5.48. The van der Waals surface area contributed by atoms with Gasteiger partial charge in [0.2, 0.25) is 0 Å². The number of hydrogen-bond donors (Lipinski definition) is 1. The van der Waals surface area contributed by atoms with Crippen molar-refractivity contribution in [1.82, 2.24) is 0 Å². The number of ether oxygens (including phenoxy) is 1. The van der Waals surface area contributed by atoms with E-state index in [1.165, 1.54) is 0 Å². The van der Waals surface area contributed by atoms with Crippen molar-refractivity contribution in [2.75, 3.05) is 6.61 Å². The van der Waals surface area contributed by atoms with E-state index in [1.807, 2.05) is 0 Å². The van der Waals surface area contributed by atoms with Crippen molar-refractivity contribution in [3.63, 3.8) is 0 Å². The zero-order chi connectivity index (χ0) is 12.3. The number of hydrogen-bond acceptors (Lipinski definition) is 3. The minimum absolute atomic E-state index is 0.0224. The molecular formula is C14H22O3. The molecule has 1 heterocycles. The molecule has 2 aliphatic carbocycles. The maximum atomic E-state index is 12.1. The van der Waals surface area contributed by atoms with Crippen molar-refractivity contribution >= 4 is 5.78 Å². The first-order valence-electron chi connectivity index (χ1n) is 6.80. The van der Waals surface area contributed by atoms with Crippen LogP contribution in [-0.2, 0) is 9.53 Å². The molecule has 0 spiro atoms.